The van der Waals surface area contributed by atoms with Crippen LogP contribution in [0.4, 0.5) is 0 Å². The van der Waals surface area contributed by atoms with Crippen LogP contribution in [-0.4, -0.2) is 14.2 Å². The number of rotatable bonds is 3. The van der Waals surface area contributed by atoms with Gasteiger partial charge in [0, 0.05) is 0 Å². The molecule has 70 valence electrons. The Morgan fingerprint density at radius 3 is 2.69 bits per heavy atom. The first-order valence-corrected chi connectivity index (χ1v) is 4.60. The summed E-state index contributed by atoms with van der Waals surface area (Å²) in [5, 5.41) is 0. The lowest BCUT2D eigenvalue weighted by Crippen LogP contribution is -1.85. The molecule has 0 bridgehead atoms. The molecule has 13 heavy (non-hydrogen) atoms. The predicted molar refractivity (Wildman–Crippen MR) is 56.7 cm³/mol. The van der Waals surface area contributed by atoms with Crippen LogP contribution < -0.4 is 4.74 Å². The van der Waals surface area contributed by atoms with Gasteiger partial charge in [-0.15, -0.1) is 0 Å². The highest BCUT2D eigenvalue weighted by Crippen LogP contribution is 2.28. The van der Waals surface area contributed by atoms with Gasteiger partial charge in [0.15, 0.2) is 0 Å². The molecule has 0 fully saturated rings. The van der Waals surface area contributed by atoms with E-state index in [1.165, 1.54) is 0 Å². The van der Waals surface area contributed by atoms with Crippen molar-refractivity contribution in [3.8, 4) is 5.75 Å². The second-order valence-electron chi connectivity index (χ2n) is 2.40. The highest BCUT2D eigenvalue weighted by molar-refractivity contribution is 9.10. The van der Waals surface area contributed by atoms with Gasteiger partial charge in [-0.2, -0.15) is 0 Å². The third kappa shape index (κ3) is 2.49. The molecule has 0 aliphatic carbocycles. The molecule has 0 heterocycles. The molecule has 0 spiro atoms. The van der Waals surface area contributed by atoms with Gasteiger partial charge in [0.1, 0.15) is 5.75 Å². The number of benzene rings is 1. The van der Waals surface area contributed by atoms with E-state index in [1.807, 2.05) is 24.3 Å². The molecule has 3 heteroatoms. The Kier molecular flexibility index (Phi) is 3.83. The summed E-state index contributed by atoms with van der Waals surface area (Å²) in [5.41, 5.74) is 1.03. The van der Waals surface area contributed by atoms with Crippen molar-refractivity contribution < 1.29 is 9.47 Å². The molecule has 0 amide bonds. The zero-order valence-corrected chi connectivity index (χ0v) is 9.17. The molecule has 2 nitrogen and oxygen atoms in total. The highest BCUT2D eigenvalue weighted by atomic mass is 79.9. The number of ether oxygens (including phenoxy) is 2. The number of hydrogen-bond donors (Lipinski definition) is 0. The third-order valence-corrected chi connectivity index (χ3v) is 2.45. The summed E-state index contributed by atoms with van der Waals surface area (Å²) >= 11 is 3.44. The van der Waals surface area contributed by atoms with Crippen molar-refractivity contribution >= 4 is 22.0 Å². The fraction of sp³-hybridized carbons (Fsp3) is 0.200. The van der Waals surface area contributed by atoms with Crippen molar-refractivity contribution in [3.63, 3.8) is 0 Å². The van der Waals surface area contributed by atoms with Crippen molar-refractivity contribution in [3.05, 3.63) is 34.5 Å². The van der Waals surface area contributed by atoms with Crippen LogP contribution >= 0.6 is 15.9 Å². The monoisotopic (exact) mass is 242 g/mol. The molecular formula is C10H11BrO2. The average Bonchev–Trinajstić information content (AvgIpc) is 2.16. The van der Waals surface area contributed by atoms with Crippen LogP contribution in [0.1, 0.15) is 5.56 Å². The van der Waals surface area contributed by atoms with E-state index < -0.39 is 0 Å². The maximum Gasteiger partial charge on any atom is 0.133 e. The van der Waals surface area contributed by atoms with E-state index >= 15 is 0 Å². The summed E-state index contributed by atoms with van der Waals surface area (Å²) in [6.45, 7) is 0. The van der Waals surface area contributed by atoms with Gasteiger partial charge in [-0.3, -0.25) is 0 Å². The Balaban J connectivity index is 3.01. The molecule has 0 radical (unpaired) electrons. The van der Waals surface area contributed by atoms with Gasteiger partial charge >= 0.3 is 0 Å². The van der Waals surface area contributed by atoms with E-state index in [4.69, 9.17) is 9.47 Å². The Hall–Kier alpha value is -0.960. The first kappa shape index (κ1) is 10.1. The first-order chi connectivity index (χ1) is 6.29. The standard InChI is InChI=1S/C10H11BrO2/c1-12-7-6-8-4-3-5-9(13-2)10(8)11/h3-7H,1-2H3/b7-6-. The molecule has 0 aliphatic rings. The Labute approximate surface area is 86.3 Å². The summed E-state index contributed by atoms with van der Waals surface area (Å²) in [7, 11) is 3.26. The minimum Gasteiger partial charge on any atom is -0.504 e. The SMILES string of the molecule is CO/C=C\c1cccc(OC)c1Br. The smallest absolute Gasteiger partial charge is 0.133 e. The van der Waals surface area contributed by atoms with Gasteiger partial charge < -0.3 is 9.47 Å². The largest absolute Gasteiger partial charge is 0.504 e. The van der Waals surface area contributed by atoms with Crippen LogP contribution in [0.3, 0.4) is 0 Å². The molecule has 0 saturated heterocycles. The van der Waals surface area contributed by atoms with Crippen LogP contribution in [0.15, 0.2) is 28.9 Å². The topological polar surface area (TPSA) is 18.5 Å². The van der Waals surface area contributed by atoms with Gasteiger partial charge in [0.2, 0.25) is 0 Å². The first-order valence-electron chi connectivity index (χ1n) is 3.81. The lowest BCUT2D eigenvalue weighted by Gasteiger charge is -2.04. The van der Waals surface area contributed by atoms with Crippen molar-refractivity contribution in [2.24, 2.45) is 0 Å². The van der Waals surface area contributed by atoms with E-state index in [1.54, 1.807) is 20.5 Å². The molecule has 0 aromatic heterocycles. The van der Waals surface area contributed by atoms with Crippen LogP contribution in [0.5, 0.6) is 5.75 Å². The number of methoxy groups -OCH3 is 2. The van der Waals surface area contributed by atoms with Crippen molar-refractivity contribution in [1.82, 2.24) is 0 Å². The van der Waals surface area contributed by atoms with Crippen LogP contribution in [-0.2, 0) is 4.74 Å². The summed E-state index contributed by atoms with van der Waals surface area (Å²) in [6.07, 6.45) is 3.49. The summed E-state index contributed by atoms with van der Waals surface area (Å²) in [4.78, 5) is 0. The van der Waals surface area contributed by atoms with Crippen LogP contribution in [0.2, 0.25) is 0 Å². The highest BCUT2D eigenvalue weighted by Gasteiger charge is 2.01. The molecule has 1 aromatic rings. The maximum absolute atomic E-state index is 5.14. The minimum absolute atomic E-state index is 0.818. The van der Waals surface area contributed by atoms with E-state index in [0.29, 0.717) is 0 Å². The molecule has 1 aromatic carbocycles. The van der Waals surface area contributed by atoms with E-state index in [9.17, 15) is 0 Å². The molecule has 0 N–H and O–H groups in total. The predicted octanol–water partition coefficient (Wildman–Crippen LogP) is 3.07. The fourth-order valence-electron chi connectivity index (χ4n) is 0.955. The molecular weight excluding hydrogens is 232 g/mol. The minimum atomic E-state index is 0.818. The molecule has 1 rings (SSSR count). The van der Waals surface area contributed by atoms with Crippen molar-refractivity contribution in [1.29, 1.82) is 0 Å². The van der Waals surface area contributed by atoms with Gasteiger partial charge in [-0.1, -0.05) is 12.1 Å². The van der Waals surface area contributed by atoms with Gasteiger partial charge in [-0.25, -0.2) is 0 Å². The summed E-state index contributed by atoms with van der Waals surface area (Å²) in [6, 6.07) is 5.80. The normalized spacial score (nSPS) is 10.4. The Morgan fingerprint density at radius 2 is 2.08 bits per heavy atom. The Morgan fingerprint density at radius 1 is 1.31 bits per heavy atom. The zero-order valence-electron chi connectivity index (χ0n) is 7.58. The Bertz CT molecular complexity index is 308. The van der Waals surface area contributed by atoms with Crippen molar-refractivity contribution in [2.75, 3.05) is 14.2 Å². The number of halogens is 1. The second-order valence-corrected chi connectivity index (χ2v) is 3.19. The molecule has 0 unspecified atom stereocenters. The van der Waals surface area contributed by atoms with Gasteiger partial charge in [-0.05, 0) is 33.6 Å². The quantitative estimate of drug-likeness (QED) is 0.759. The van der Waals surface area contributed by atoms with Gasteiger partial charge in [0.25, 0.3) is 0 Å². The molecule has 0 saturated carbocycles. The van der Waals surface area contributed by atoms with E-state index in [2.05, 4.69) is 15.9 Å². The fourth-order valence-corrected chi connectivity index (χ4v) is 1.51. The molecule has 0 aliphatic heterocycles. The third-order valence-electron chi connectivity index (χ3n) is 1.60. The van der Waals surface area contributed by atoms with Crippen LogP contribution in [0.25, 0.3) is 6.08 Å². The van der Waals surface area contributed by atoms with E-state index in [0.717, 1.165) is 15.8 Å². The zero-order chi connectivity index (χ0) is 9.68. The van der Waals surface area contributed by atoms with E-state index in [-0.39, 0.29) is 0 Å². The van der Waals surface area contributed by atoms with Gasteiger partial charge in [0.05, 0.1) is 25.0 Å². The maximum atomic E-state index is 5.14. The molecule has 0 atom stereocenters. The lowest BCUT2D eigenvalue weighted by atomic mass is 10.2. The second kappa shape index (κ2) is 4.92. The van der Waals surface area contributed by atoms with Crippen molar-refractivity contribution in [2.45, 2.75) is 0 Å². The summed E-state index contributed by atoms with van der Waals surface area (Å²) < 4.78 is 10.9. The summed E-state index contributed by atoms with van der Waals surface area (Å²) in [5.74, 6) is 0.818. The lowest BCUT2D eigenvalue weighted by molar-refractivity contribution is 0.341. The number of hydrogen-bond acceptors (Lipinski definition) is 2. The average molecular weight is 243 g/mol. The van der Waals surface area contributed by atoms with Crippen LogP contribution in [0, 0.1) is 0 Å².